The molecule has 2 aromatic carbocycles. The molecule has 0 radical (unpaired) electrons. The number of anilines is 1. The fraction of sp³-hybridized carbons (Fsp3) is 0.0769. The summed E-state index contributed by atoms with van der Waals surface area (Å²) in [7, 11) is 0. The minimum absolute atomic E-state index is 0.0242. The Morgan fingerprint density at radius 2 is 1.71 bits per heavy atom. The molecule has 3 N–H and O–H groups in total. The molecule has 0 aliphatic heterocycles. The molecule has 0 unspecified atom stereocenters. The highest BCUT2D eigenvalue weighted by Crippen LogP contribution is 2.28. The van der Waals surface area contributed by atoms with E-state index in [1.54, 1.807) is 18.2 Å². The molecular weight excluding hydrogens is 216 g/mol. The van der Waals surface area contributed by atoms with E-state index in [0.29, 0.717) is 5.69 Å². The first-order valence-corrected chi connectivity index (χ1v) is 5.17. The van der Waals surface area contributed by atoms with Crippen molar-refractivity contribution in [3.05, 3.63) is 52.9 Å². The van der Waals surface area contributed by atoms with Crippen molar-refractivity contribution in [3.63, 3.8) is 0 Å². The number of rotatable bonds is 3. The molecule has 4 heteroatoms. The van der Waals surface area contributed by atoms with E-state index in [9.17, 15) is 4.91 Å². The standard InChI is InChI=1S/C13H12N2O2/c14-12-7-11(5-6-13(12)15-17)10-3-1-9(8-16)2-4-10/h1-7,16H,8,14H2. The molecular formula is C13H12N2O2. The van der Waals surface area contributed by atoms with Crippen LogP contribution in [0.2, 0.25) is 0 Å². The predicted molar refractivity (Wildman–Crippen MR) is 67.7 cm³/mol. The van der Waals surface area contributed by atoms with Gasteiger partial charge in [-0.25, -0.2) is 0 Å². The molecule has 86 valence electrons. The normalized spacial score (nSPS) is 10.2. The summed E-state index contributed by atoms with van der Waals surface area (Å²) in [5.41, 5.74) is 9.06. The van der Waals surface area contributed by atoms with Crippen LogP contribution in [-0.4, -0.2) is 5.11 Å². The number of nitrogen functional groups attached to an aromatic ring is 1. The lowest BCUT2D eigenvalue weighted by Gasteiger charge is -2.05. The smallest absolute Gasteiger partial charge is 0.130 e. The van der Waals surface area contributed by atoms with Gasteiger partial charge in [0.2, 0.25) is 0 Å². The topological polar surface area (TPSA) is 75.7 Å². The average Bonchev–Trinajstić information content (AvgIpc) is 2.39. The van der Waals surface area contributed by atoms with Crippen molar-refractivity contribution in [2.75, 3.05) is 5.73 Å². The summed E-state index contributed by atoms with van der Waals surface area (Å²) < 4.78 is 0. The van der Waals surface area contributed by atoms with Gasteiger partial charge < -0.3 is 10.8 Å². The monoisotopic (exact) mass is 228 g/mol. The second-order valence-electron chi connectivity index (χ2n) is 3.72. The lowest BCUT2D eigenvalue weighted by Crippen LogP contribution is -1.87. The molecule has 2 aromatic rings. The van der Waals surface area contributed by atoms with E-state index < -0.39 is 0 Å². The van der Waals surface area contributed by atoms with Crippen LogP contribution in [0.25, 0.3) is 11.1 Å². The highest BCUT2D eigenvalue weighted by molar-refractivity contribution is 5.74. The Morgan fingerprint density at radius 1 is 1.06 bits per heavy atom. The maximum atomic E-state index is 10.4. The van der Waals surface area contributed by atoms with Crippen molar-refractivity contribution in [2.24, 2.45) is 5.18 Å². The van der Waals surface area contributed by atoms with Crippen LogP contribution >= 0.6 is 0 Å². The van der Waals surface area contributed by atoms with E-state index in [4.69, 9.17) is 10.8 Å². The van der Waals surface area contributed by atoms with Crippen molar-refractivity contribution in [2.45, 2.75) is 6.61 Å². The van der Waals surface area contributed by atoms with Gasteiger partial charge in [0.15, 0.2) is 0 Å². The van der Waals surface area contributed by atoms with E-state index >= 15 is 0 Å². The number of hydrogen-bond donors (Lipinski definition) is 2. The summed E-state index contributed by atoms with van der Waals surface area (Å²) in [6.07, 6.45) is 0. The van der Waals surface area contributed by atoms with Gasteiger partial charge in [-0.3, -0.25) is 0 Å². The first kappa shape index (κ1) is 11.3. The molecule has 0 aromatic heterocycles. The summed E-state index contributed by atoms with van der Waals surface area (Å²) in [5.74, 6) is 0. The van der Waals surface area contributed by atoms with E-state index in [1.165, 1.54) is 0 Å². The predicted octanol–water partition coefficient (Wildman–Crippen LogP) is 2.83. The third-order valence-corrected chi connectivity index (χ3v) is 2.60. The molecule has 0 heterocycles. The second-order valence-corrected chi connectivity index (χ2v) is 3.72. The Bertz CT molecular complexity index is 536. The molecule has 0 fully saturated rings. The number of aliphatic hydroxyl groups is 1. The van der Waals surface area contributed by atoms with Crippen LogP contribution in [0.15, 0.2) is 47.6 Å². The molecule has 0 saturated carbocycles. The summed E-state index contributed by atoms with van der Waals surface area (Å²) in [4.78, 5) is 10.4. The largest absolute Gasteiger partial charge is 0.397 e. The molecule has 0 aliphatic carbocycles. The molecule has 0 spiro atoms. The van der Waals surface area contributed by atoms with Gasteiger partial charge in [-0.1, -0.05) is 30.3 Å². The maximum absolute atomic E-state index is 10.4. The Morgan fingerprint density at radius 3 is 2.24 bits per heavy atom. The van der Waals surface area contributed by atoms with Gasteiger partial charge in [0.1, 0.15) is 5.69 Å². The first-order chi connectivity index (χ1) is 8.24. The van der Waals surface area contributed by atoms with Crippen LogP contribution in [-0.2, 0) is 6.61 Å². The number of nitrogens with two attached hydrogens (primary N) is 1. The number of nitrogens with zero attached hydrogens (tertiary/aromatic N) is 1. The molecule has 2 rings (SSSR count). The second kappa shape index (κ2) is 4.76. The van der Waals surface area contributed by atoms with Crippen molar-refractivity contribution in [1.29, 1.82) is 0 Å². The number of nitroso groups, excluding NO2 is 1. The van der Waals surface area contributed by atoms with Crippen LogP contribution in [0.5, 0.6) is 0 Å². The lowest BCUT2D eigenvalue weighted by atomic mass is 10.0. The van der Waals surface area contributed by atoms with Gasteiger partial charge >= 0.3 is 0 Å². The van der Waals surface area contributed by atoms with Gasteiger partial charge in [0.05, 0.1) is 12.3 Å². The van der Waals surface area contributed by atoms with Crippen molar-refractivity contribution >= 4 is 11.4 Å². The van der Waals surface area contributed by atoms with E-state index in [-0.39, 0.29) is 12.3 Å². The first-order valence-electron chi connectivity index (χ1n) is 5.17. The minimum atomic E-state index is 0.0242. The zero-order valence-electron chi connectivity index (χ0n) is 9.13. The van der Waals surface area contributed by atoms with Gasteiger partial charge in [-0.15, -0.1) is 4.91 Å². The average molecular weight is 228 g/mol. The van der Waals surface area contributed by atoms with Crippen LogP contribution in [0.1, 0.15) is 5.56 Å². The Kier molecular flexibility index (Phi) is 3.16. The van der Waals surface area contributed by atoms with Crippen molar-refractivity contribution in [3.8, 4) is 11.1 Å². The van der Waals surface area contributed by atoms with Crippen LogP contribution < -0.4 is 5.73 Å². The number of hydrogen-bond acceptors (Lipinski definition) is 4. The van der Waals surface area contributed by atoms with Crippen molar-refractivity contribution in [1.82, 2.24) is 0 Å². The summed E-state index contributed by atoms with van der Waals surface area (Å²) >= 11 is 0. The molecule has 0 saturated heterocycles. The zero-order valence-corrected chi connectivity index (χ0v) is 9.13. The summed E-state index contributed by atoms with van der Waals surface area (Å²) in [6, 6.07) is 12.6. The number of benzene rings is 2. The molecule has 0 bridgehead atoms. The summed E-state index contributed by atoms with van der Waals surface area (Å²) in [5, 5.41) is 11.8. The van der Waals surface area contributed by atoms with E-state index in [2.05, 4.69) is 5.18 Å². The molecule has 0 aliphatic rings. The SMILES string of the molecule is Nc1cc(-c2ccc(CO)cc2)ccc1N=O. The van der Waals surface area contributed by atoms with Crippen LogP contribution in [0.4, 0.5) is 11.4 Å². The maximum Gasteiger partial charge on any atom is 0.130 e. The van der Waals surface area contributed by atoms with Crippen LogP contribution in [0, 0.1) is 4.91 Å². The minimum Gasteiger partial charge on any atom is -0.397 e. The zero-order chi connectivity index (χ0) is 12.3. The lowest BCUT2D eigenvalue weighted by molar-refractivity contribution is 0.282. The van der Waals surface area contributed by atoms with Gasteiger partial charge in [-0.05, 0) is 34.0 Å². The summed E-state index contributed by atoms with van der Waals surface area (Å²) in [6.45, 7) is 0.0242. The third-order valence-electron chi connectivity index (χ3n) is 2.60. The van der Waals surface area contributed by atoms with Crippen molar-refractivity contribution < 1.29 is 5.11 Å². The highest BCUT2D eigenvalue weighted by atomic mass is 16.3. The fourth-order valence-electron chi connectivity index (χ4n) is 1.62. The highest BCUT2D eigenvalue weighted by Gasteiger charge is 2.03. The van der Waals surface area contributed by atoms with E-state index in [1.807, 2.05) is 24.3 Å². The van der Waals surface area contributed by atoms with Crippen LogP contribution in [0.3, 0.4) is 0 Å². The quantitative estimate of drug-likeness (QED) is 0.626. The molecule has 4 nitrogen and oxygen atoms in total. The van der Waals surface area contributed by atoms with E-state index in [0.717, 1.165) is 16.7 Å². The molecule has 17 heavy (non-hydrogen) atoms. The fourth-order valence-corrected chi connectivity index (χ4v) is 1.62. The molecule has 0 atom stereocenters. The number of aliphatic hydroxyl groups excluding tert-OH is 1. The van der Waals surface area contributed by atoms with Gasteiger partial charge in [0, 0.05) is 0 Å². The van der Waals surface area contributed by atoms with Gasteiger partial charge in [0.25, 0.3) is 0 Å². The Hall–Kier alpha value is -2.20. The van der Waals surface area contributed by atoms with Gasteiger partial charge in [-0.2, -0.15) is 0 Å². The molecule has 0 amide bonds. The third kappa shape index (κ3) is 2.32. The Balaban J connectivity index is 2.38. The Labute approximate surface area is 98.7 Å².